The molecule has 0 aromatic carbocycles. The molecule has 0 atom stereocenters. The van der Waals surface area contributed by atoms with E-state index in [0.717, 1.165) is 12.8 Å². The summed E-state index contributed by atoms with van der Waals surface area (Å²) in [5.74, 6) is -1.85. The number of hydrogen-bond donors (Lipinski definition) is 0. The van der Waals surface area contributed by atoms with E-state index in [9.17, 15) is 4.79 Å². The van der Waals surface area contributed by atoms with Gasteiger partial charge in [0.1, 0.15) is 0 Å². The second-order valence-corrected chi connectivity index (χ2v) is 7.43. The standard InChI is InChI=1S/C17H32O6/c1-9-10-13-19-14(18)11-12-17(8,22-20-15(2,3)4)23-21-16(5,6)7/h11-12H,9-10,13H2,1-8H3. The second-order valence-electron chi connectivity index (χ2n) is 7.43. The quantitative estimate of drug-likeness (QED) is 0.158. The Morgan fingerprint density at radius 3 is 1.74 bits per heavy atom. The van der Waals surface area contributed by atoms with Gasteiger partial charge in [0.15, 0.2) is 0 Å². The predicted octanol–water partition coefficient (Wildman–Crippen LogP) is 4.10. The molecule has 0 aromatic rings. The Bertz CT molecular complexity index is 358. The normalized spacial score (nSPS) is 13.6. The van der Waals surface area contributed by atoms with E-state index in [4.69, 9.17) is 24.3 Å². The lowest BCUT2D eigenvalue weighted by atomic mass is 10.2. The van der Waals surface area contributed by atoms with Gasteiger partial charge in [-0.2, -0.15) is 9.78 Å². The molecule has 6 nitrogen and oxygen atoms in total. The molecule has 0 aromatic heterocycles. The van der Waals surface area contributed by atoms with Crippen LogP contribution in [0.1, 0.15) is 68.2 Å². The molecule has 0 saturated carbocycles. The number of unbranched alkanes of at least 4 members (excludes halogenated alkanes) is 1. The maximum absolute atomic E-state index is 11.7. The smallest absolute Gasteiger partial charge is 0.330 e. The molecular formula is C17H32O6. The van der Waals surface area contributed by atoms with Crippen LogP contribution in [-0.4, -0.2) is 29.6 Å². The van der Waals surface area contributed by atoms with E-state index in [1.807, 2.05) is 48.5 Å². The fourth-order valence-corrected chi connectivity index (χ4v) is 1.07. The van der Waals surface area contributed by atoms with Gasteiger partial charge in [-0.15, -0.1) is 0 Å². The first-order chi connectivity index (χ1) is 10.4. The second kappa shape index (κ2) is 9.37. The maximum Gasteiger partial charge on any atom is 0.330 e. The molecule has 0 unspecified atom stereocenters. The summed E-state index contributed by atoms with van der Waals surface area (Å²) in [7, 11) is 0. The number of carbonyl (C=O) groups excluding carboxylic acids is 1. The minimum Gasteiger partial charge on any atom is -0.463 e. The third kappa shape index (κ3) is 13.2. The third-order valence-corrected chi connectivity index (χ3v) is 2.18. The maximum atomic E-state index is 11.7. The number of hydrogen-bond acceptors (Lipinski definition) is 6. The summed E-state index contributed by atoms with van der Waals surface area (Å²) in [6, 6.07) is 0. The largest absolute Gasteiger partial charge is 0.463 e. The molecule has 0 aliphatic heterocycles. The van der Waals surface area contributed by atoms with E-state index in [1.54, 1.807) is 6.92 Å². The number of ether oxygens (including phenoxy) is 1. The molecule has 0 aliphatic carbocycles. The zero-order valence-corrected chi connectivity index (χ0v) is 15.7. The fraction of sp³-hybridized carbons (Fsp3) is 0.824. The summed E-state index contributed by atoms with van der Waals surface area (Å²) in [5.41, 5.74) is -1.08. The van der Waals surface area contributed by atoms with Crippen molar-refractivity contribution in [2.75, 3.05) is 6.61 Å². The highest BCUT2D eigenvalue weighted by Crippen LogP contribution is 2.22. The molecule has 0 radical (unpaired) electrons. The van der Waals surface area contributed by atoms with Gasteiger partial charge in [0.25, 0.3) is 0 Å². The molecule has 6 heteroatoms. The molecule has 0 bridgehead atoms. The number of carbonyl (C=O) groups is 1. The highest BCUT2D eigenvalue weighted by molar-refractivity contribution is 5.82. The van der Waals surface area contributed by atoms with Gasteiger partial charge in [0.05, 0.1) is 17.8 Å². The van der Waals surface area contributed by atoms with Crippen molar-refractivity contribution in [2.24, 2.45) is 0 Å². The van der Waals surface area contributed by atoms with Gasteiger partial charge in [-0.1, -0.05) is 13.3 Å². The van der Waals surface area contributed by atoms with E-state index < -0.39 is 23.0 Å². The zero-order valence-electron chi connectivity index (χ0n) is 15.7. The first-order valence-corrected chi connectivity index (χ1v) is 7.96. The van der Waals surface area contributed by atoms with Crippen molar-refractivity contribution in [1.29, 1.82) is 0 Å². The monoisotopic (exact) mass is 332 g/mol. The summed E-state index contributed by atoms with van der Waals surface area (Å²) >= 11 is 0. The van der Waals surface area contributed by atoms with Gasteiger partial charge in [-0.05, 0) is 61.0 Å². The van der Waals surface area contributed by atoms with Gasteiger partial charge in [0.2, 0.25) is 5.79 Å². The lowest BCUT2D eigenvalue weighted by molar-refractivity contribution is -0.522. The minimum absolute atomic E-state index is 0.384. The van der Waals surface area contributed by atoms with Gasteiger partial charge in [-0.25, -0.2) is 14.6 Å². The Balaban J connectivity index is 4.78. The molecule has 23 heavy (non-hydrogen) atoms. The Hall–Kier alpha value is -0.950. The summed E-state index contributed by atoms with van der Waals surface area (Å²) in [4.78, 5) is 32.9. The summed E-state index contributed by atoms with van der Waals surface area (Å²) in [6.45, 7) is 15.0. The molecule has 0 rings (SSSR count). The predicted molar refractivity (Wildman–Crippen MR) is 87.3 cm³/mol. The Morgan fingerprint density at radius 2 is 1.35 bits per heavy atom. The van der Waals surface area contributed by atoms with E-state index in [-0.39, 0.29) is 0 Å². The lowest BCUT2D eigenvalue weighted by Crippen LogP contribution is -2.37. The average Bonchev–Trinajstić information content (AvgIpc) is 2.40. The van der Waals surface area contributed by atoms with Crippen LogP contribution in [0.2, 0.25) is 0 Å². The van der Waals surface area contributed by atoms with Gasteiger partial charge >= 0.3 is 5.97 Å². The van der Waals surface area contributed by atoms with E-state index in [1.165, 1.54) is 12.2 Å². The summed E-state index contributed by atoms with van der Waals surface area (Å²) in [6.07, 6.45) is 4.43. The minimum atomic E-state index is -1.38. The van der Waals surface area contributed by atoms with Gasteiger partial charge in [0, 0.05) is 6.08 Å². The van der Waals surface area contributed by atoms with Gasteiger partial charge < -0.3 is 4.74 Å². The van der Waals surface area contributed by atoms with Crippen LogP contribution < -0.4 is 0 Å². The zero-order chi connectivity index (χ0) is 18.1. The summed E-state index contributed by atoms with van der Waals surface area (Å²) < 4.78 is 5.05. The fourth-order valence-electron chi connectivity index (χ4n) is 1.07. The van der Waals surface area contributed by atoms with Crippen LogP contribution >= 0.6 is 0 Å². The third-order valence-electron chi connectivity index (χ3n) is 2.18. The average molecular weight is 332 g/mol. The van der Waals surface area contributed by atoms with Gasteiger partial charge in [-0.3, -0.25) is 0 Å². The summed E-state index contributed by atoms with van der Waals surface area (Å²) in [5, 5.41) is 0. The topological polar surface area (TPSA) is 63.2 Å². The molecule has 0 aliphatic rings. The molecule has 0 heterocycles. The van der Waals surface area contributed by atoms with Crippen LogP contribution in [0, 0.1) is 0 Å². The highest BCUT2D eigenvalue weighted by atomic mass is 17.3. The molecule has 0 N–H and O–H groups in total. The first-order valence-electron chi connectivity index (χ1n) is 7.96. The van der Waals surface area contributed by atoms with Crippen molar-refractivity contribution in [3.05, 3.63) is 12.2 Å². The van der Waals surface area contributed by atoms with Crippen molar-refractivity contribution >= 4 is 5.97 Å². The van der Waals surface area contributed by atoms with E-state index >= 15 is 0 Å². The van der Waals surface area contributed by atoms with Crippen molar-refractivity contribution in [3.63, 3.8) is 0 Å². The molecule has 0 saturated heterocycles. The molecule has 0 amide bonds. The highest BCUT2D eigenvalue weighted by Gasteiger charge is 2.31. The molecular weight excluding hydrogens is 300 g/mol. The Morgan fingerprint density at radius 1 is 0.870 bits per heavy atom. The first kappa shape index (κ1) is 22.1. The Labute approximate surface area is 139 Å². The van der Waals surface area contributed by atoms with Crippen molar-refractivity contribution in [2.45, 2.75) is 85.2 Å². The lowest BCUT2D eigenvalue weighted by Gasteiger charge is -2.30. The van der Waals surface area contributed by atoms with Crippen LogP contribution in [0.25, 0.3) is 0 Å². The number of rotatable bonds is 9. The van der Waals surface area contributed by atoms with Crippen molar-refractivity contribution < 1.29 is 29.1 Å². The van der Waals surface area contributed by atoms with Crippen molar-refractivity contribution in [3.8, 4) is 0 Å². The van der Waals surface area contributed by atoms with Crippen LogP contribution in [-0.2, 0) is 29.1 Å². The van der Waals surface area contributed by atoms with E-state index in [2.05, 4.69) is 0 Å². The van der Waals surface area contributed by atoms with E-state index in [0.29, 0.717) is 6.61 Å². The van der Waals surface area contributed by atoms with Crippen LogP contribution in [0.4, 0.5) is 0 Å². The molecule has 136 valence electrons. The SMILES string of the molecule is CCCCOC(=O)C=CC(C)(OOC(C)(C)C)OOC(C)(C)C. The Kier molecular flexibility index (Phi) is 8.98. The van der Waals surface area contributed by atoms with Crippen LogP contribution in [0.5, 0.6) is 0 Å². The van der Waals surface area contributed by atoms with Crippen molar-refractivity contribution in [1.82, 2.24) is 0 Å². The van der Waals surface area contributed by atoms with Crippen LogP contribution in [0.15, 0.2) is 12.2 Å². The molecule has 0 fully saturated rings. The number of esters is 1. The molecule has 0 spiro atoms. The van der Waals surface area contributed by atoms with Crippen LogP contribution in [0.3, 0.4) is 0 Å².